The fraction of sp³-hybridized carbons (Fsp3) is 0.174. The maximum atomic E-state index is 10.7. The smallest absolute Gasteiger partial charge is 0.269 e. The Kier molecular flexibility index (Phi) is 6.09. The number of nitro benzene ring substituents is 1. The molecule has 0 spiro atoms. The lowest BCUT2D eigenvalue weighted by atomic mass is 10.3. The standard InChI is InChI=1S/C23H21N3O5/c27-18(15-30-20-12-10-17(11-13-20)26(28)29)14-25-22-9-5-4-8-21(22)24-23(25)16-31-19-6-2-1-3-7-19/h1-13,18,27H,14-16H2. The normalized spacial score (nSPS) is 11.9. The molecule has 1 aromatic heterocycles. The van der Waals surface area contributed by atoms with Gasteiger partial charge in [-0.05, 0) is 36.4 Å². The third-order valence-electron chi connectivity index (χ3n) is 4.73. The minimum absolute atomic E-state index is 0.0131. The summed E-state index contributed by atoms with van der Waals surface area (Å²) in [6, 6.07) is 22.9. The zero-order valence-electron chi connectivity index (χ0n) is 16.6. The highest BCUT2D eigenvalue weighted by Crippen LogP contribution is 2.20. The van der Waals surface area contributed by atoms with E-state index in [9.17, 15) is 15.2 Å². The van der Waals surface area contributed by atoms with Crippen molar-refractivity contribution >= 4 is 16.7 Å². The van der Waals surface area contributed by atoms with Crippen molar-refractivity contribution < 1.29 is 19.5 Å². The van der Waals surface area contributed by atoms with Gasteiger partial charge in [0, 0.05) is 12.1 Å². The number of aliphatic hydroxyl groups is 1. The van der Waals surface area contributed by atoms with Crippen molar-refractivity contribution in [1.29, 1.82) is 0 Å². The molecule has 1 unspecified atom stereocenters. The summed E-state index contributed by atoms with van der Waals surface area (Å²) < 4.78 is 13.4. The second kappa shape index (κ2) is 9.27. The van der Waals surface area contributed by atoms with Crippen molar-refractivity contribution in [2.75, 3.05) is 6.61 Å². The molecule has 31 heavy (non-hydrogen) atoms. The van der Waals surface area contributed by atoms with Gasteiger partial charge >= 0.3 is 0 Å². The summed E-state index contributed by atoms with van der Waals surface area (Å²) in [4.78, 5) is 14.9. The van der Waals surface area contributed by atoms with E-state index in [4.69, 9.17) is 9.47 Å². The van der Waals surface area contributed by atoms with Crippen LogP contribution in [0.15, 0.2) is 78.9 Å². The highest BCUT2D eigenvalue weighted by molar-refractivity contribution is 5.75. The Morgan fingerprint density at radius 3 is 2.35 bits per heavy atom. The van der Waals surface area contributed by atoms with Gasteiger partial charge in [0.05, 0.1) is 22.5 Å². The first kappa shape index (κ1) is 20.4. The summed E-state index contributed by atoms with van der Waals surface area (Å²) in [6.07, 6.45) is -0.816. The molecule has 0 saturated carbocycles. The number of rotatable bonds is 9. The lowest BCUT2D eigenvalue weighted by Gasteiger charge is -2.16. The second-order valence-electron chi connectivity index (χ2n) is 6.94. The van der Waals surface area contributed by atoms with Crippen LogP contribution < -0.4 is 9.47 Å². The number of aromatic nitrogens is 2. The molecule has 0 aliphatic rings. The number of hydrogen-bond donors (Lipinski definition) is 1. The first-order chi connectivity index (χ1) is 15.1. The summed E-state index contributed by atoms with van der Waals surface area (Å²) in [7, 11) is 0. The Labute approximate surface area is 178 Å². The van der Waals surface area contributed by atoms with Crippen molar-refractivity contribution in [3.8, 4) is 11.5 Å². The van der Waals surface area contributed by atoms with E-state index in [2.05, 4.69) is 4.98 Å². The third kappa shape index (κ3) is 4.99. The lowest BCUT2D eigenvalue weighted by molar-refractivity contribution is -0.384. The summed E-state index contributed by atoms with van der Waals surface area (Å²) in [5, 5.41) is 21.3. The molecule has 0 aliphatic carbocycles. The van der Waals surface area contributed by atoms with Crippen LogP contribution in [-0.4, -0.2) is 32.3 Å². The van der Waals surface area contributed by atoms with Gasteiger partial charge in [-0.1, -0.05) is 30.3 Å². The van der Waals surface area contributed by atoms with Crippen molar-refractivity contribution in [3.05, 3.63) is 94.8 Å². The molecule has 0 radical (unpaired) electrons. The van der Waals surface area contributed by atoms with Crippen molar-refractivity contribution in [3.63, 3.8) is 0 Å². The Bertz CT molecular complexity index is 1160. The average Bonchev–Trinajstić information content (AvgIpc) is 3.14. The molecule has 0 bridgehead atoms. The van der Waals surface area contributed by atoms with E-state index in [1.165, 1.54) is 24.3 Å². The largest absolute Gasteiger partial charge is 0.491 e. The number of benzene rings is 3. The number of fused-ring (bicyclic) bond motifs is 1. The summed E-state index contributed by atoms with van der Waals surface area (Å²) in [5.74, 6) is 1.88. The van der Waals surface area contributed by atoms with Gasteiger partial charge < -0.3 is 19.1 Å². The summed E-state index contributed by atoms with van der Waals surface area (Å²) in [6.45, 7) is 0.554. The molecule has 8 heteroatoms. The van der Waals surface area contributed by atoms with Crippen molar-refractivity contribution in [1.82, 2.24) is 9.55 Å². The van der Waals surface area contributed by atoms with Crippen molar-refractivity contribution in [2.45, 2.75) is 19.3 Å². The van der Waals surface area contributed by atoms with E-state index < -0.39 is 11.0 Å². The molecule has 4 aromatic rings. The van der Waals surface area contributed by atoms with E-state index in [0.29, 0.717) is 11.6 Å². The van der Waals surface area contributed by atoms with Gasteiger partial charge in [-0.25, -0.2) is 4.98 Å². The first-order valence-electron chi connectivity index (χ1n) is 9.77. The molecule has 1 atom stereocenters. The van der Waals surface area contributed by atoms with Crippen LogP contribution in [0.2, 0.25) is 0 Å². The van der Waals surface area contributed by atoms with E-state index in [1.54, 1.807) is 0 Å². The fourth-order valence-corrected chi connectivity index (χ4v) is 3.22. The van der Waals surface area contributed by atoms with E-state index >= 15 is 0 Å². The maximum absolute atomic E-state index is 10.7. The molecular formula is C23H21N3O5. The molecule has 0 aliphatic heterocycles. The van der Waals surface area contributed by atoms with Gasteiger partial charge in [-0.2, -0.15) is 0 Å². The Morgan fingerprint density at radius 2 is 1.61 bits per heavy atom. The number of imidazole rings is 1. The summed E-state index contributed by atoms with van der Waals surface area (Å²) >= 11 is 0. The quantitative estimate of drug-likeness (QED) is 0.326. The number of nitro groups is 1. The van der Waals surface area contributed by atoms with Crippen LogP contribution in [0, 0.1) is 10.1 Å². The van der Waals surface area contributed by atoms with Crippen LogP contribution in [0.3, 0.4) is 0 Å². The highest BCUT2D eigenvalue weighted by atomic mass is 16.6. The van der Waals surface area contributed by atoms with Gasteiger partial charge in [0.2, 0.25) is 0 Å². The van der Waals surface area contributed by atoms with Crippen LogP contribution >= 0.6 is 0 Å². The molecular weight excluding hydrogens is 398 g/mol. The third-order valence-corrected chi connectivity index (χ3v) is 4.73. The van der Waals surface area contributed by atoms with Crippen LogP contribution in [0.5, 0.6) is 11.5 Å². The predicted octanol–water partition coefficient (Wildman–Crippen LogP) is 3.96. The van der Waals surface area contributed by atoms with Crippen molar-refractivity contribution in [2.24, 2.45) is 0 Å². The van der Waals surface area contributed by atoms with Crippen LogP contribution in [0.4, 0.5) is 5.69 Å². The summed E-state index contributed by atoms with van der Waals surface area (Å²) in [5.41, 5.74) is 1.70. The average molecular weight is 419 g/mol. The number of ether oxygens (including phenoxy) is 2. The molecule has 158 valence electrons. The zero-order chi connectivity index (χ0) is 21.6. The van der Waals surface area contributed by atoms with Gasteiger partial charge in [0.1, 0.15) is 36.6 Å². The number of non-ortho nitro benzene ring substituents is 1. The van der Waals surface area contributed by atoms with Gasteiger partial charge in [0.15, 0.2) is 0 Å². The Hall–Kier alpha value is -3.91. The number of hydrogen-bond acceptors (Lipinski definition) is 6. The Morgan fingerprint density at radius 1 is 0.935 bits per heavy atom. The number of nitrogens with zero attached hydrogens (tertiary/aromatic N) is 3. The van der Waals surface area contributed by atoms with E-state index in [1.807, 2.05) is 59.2 Å². The Balaban J connectivity index is 1.45. The van der Waals surface area contributed by atoms with E-state index in [0.717, 1.165) is 16.8 Å². The van der Waals surface area contributed by atoms with Gasteiger partial charge in [-0.3, -0.25) is 10.1 Å². The molecule has 1 heterocycles. The molecule has 0 fully saturated rings. The van der Waals surface area contributed by atoms with Crippen LogP contribution in [0.1, 0.15) is 5.82 Å². The van der Waals surface area contributed by atoms with Crippen LogP contribution in [-0.2, 0) is 13.2 Å². The fourth-order valence-electron chi connectivity index (χ4n) is 3.22. The molecule has 4 rings (SSSR count). The van der Waals surface area contributed by atoms with Gasteiger partial charge in [0.25, 0.3) is 5.69 Å². The van der Waals surface area contributed by atoms with Crippen LogP contribution in [0.25, 0.3) is 11.0 Å². The molecule has 8 nitrogen and oxygen atoms in total. The monoisotopic (exact) mass is 419 g/mol. The molecule has 3 aromatic carbocycles. The number of para-hydroxylation sites is 3. The topological polar surface area (TPSA) is 99.7 Å². The first-order valence-corrected chi connectivity index (χ1v) is 9.77. The maximum Gasteiger partial charge on any atom is 0.269 e. The number of aliphatic hydroxyl groups excluding tert-OH is 1. The molecule has 0 saturated heterocycles. The zero-order valence-corrected chi connectivity index (χ0v) is 16.6. The lowest BCUT2D eigenvalue weighted by Crippen LogP contribution is -2.25. The van der Waals surface area contributed by atoms with E-state index in [-0.39, 0.29) is 25.4 Å². The van der Waals surface area contributed by atoms with Gasteiger partial charge in [-0.15, -0.1) is 0 Å². The molecule has 1 N–H and O–H groups in total. The SMILES string of the molecule is O=[N+]([O-])c1ccc(OCC(O)Cn2c(COc3ccccc3)nc3ccccc32)cc1. The highest BCUT2D eigenvalue weighted by Gasteiger charge is 2.16. The predicted molar refractivity (Wildman–Crippen MR) is 115 cm³/mol. The minimum atomic E-state index is -0.816. The molecule has 0 amide bonds. The minimum Gasteiger partial charge on any atom is -0.491 e. The second-order valence-corrected chi connectivity index (χ2v) is 6.94.